The molecule has 0 saturated heterocycles. The van der Waals surface area contributed by atoms with Gasteiger partial charge in [0.15, 0.2) is 0 Å². The molecule has 0 atom stereocenters. The summed E-state index contributed by atoms with van der Waals surface area (Å²) >= 11 is 0. The minimum absolute atomic E-state index is 0.0542. The molecule has 8 heteroatoms. The molecule has 0 aromatic rings. The summed E-state index contributed by atoms with van der Waals surface area (Å²) in [4.78, 5) is 43.5. The van der Waals surface area contributed by atoms with Crippen LogP contribution in [0.2, 0.25) is 0 Å². The van der Waals surface area contributed by atoms with Gasteiger partial charge >= 0.3 is 11.9 Å². The van der Waals surface area contributed by atoms with Gasteiger partial charge in [-0.3, -0.25) is 19.2 Å². The molecule has 0 spiro atoms. The first kappa shape index (κ1) is 21.9. The lowest BCUT2D eigenvalue weighted by atomic mass is 10.1. The van der Waals surface area contributed by atoms with Crippen LogP contribution in [0.4, 0.5) is 0 Å². The van der Waals surface area contributed by atoms with E-state index < -0.39 is 11.9 Å². The van der Waals surface area contributed by atoms with Crippen molar-refractivity contribution in [3.8, 4) is 0 Å². The van der Waals surface area contributed by atoms with Crippen LogP contribution in [0.1, 0.15) is 64.2 Å². The Morgan fingerprint density at radius 3 is 1.25 bits per heavy atom. The highest BCUT2D eigenvalue weighted by Gasteiger charge is 2.04. The number of carboxylic acid groups (broad SMARTS) is 2. The molecule has 0 aliphatic carbocycles. The molecule has 0 aliphatic heterocycles. The van der Waals surface area contributed by atoms with Gasteiger partial charge < -0.3 is 20.8 Å². The van der Waals surface area contributed by atoms with Gasteiger partial charge in [0, 0.05) is 38.8 Å². The second-order valence-corrected chi connectivity index (χ2v) is 5.61. The highest BCUT2D eigenvalue weighted by molar-refractivity contribution is 5.76. The van der Waals surface area contributed by atoms with Crippen molar-refractivity contribution in [2.24, 2.45) is 0 Å². The van der Waals surface area contributed by atoms with Crippen molar-refractivity contribution < 1.29 is 29.4 Å². The predicted octanol–water partition coefficient (Wildman–Crippen LogP) is 1.29. The molecule has 0 bridgehead atoms. The zero-order chi connectivity index (χ0) is 18.2. The molecule has 2 amide bonds. The lowest BCUT2D eigenvalue weighted by Gasteiger charge is -2.05. The zero-order valence-corrected chi connectivity index (χ0v) is 14.0. The van der Waals surface area contributed by atoms with E-state index in [2.05, 4.69) is 10.6 Å². The van der Waals surface area contributed by atoms with Crippen LogP contribution >= 0.6 is 0 Å². The lowest BCUT2D eigenvalue weighted by molar-refractivity contribution is -0.138. The first-order chi connectivity index (χ1) is 11.4. The molecule has 0 aromatic heterocycles. The van der Waals surface area contributed by atoms with E-state index in [1.807, 2.05) is 0 Å². The molecule has 24 heavy (non-hydrogen) atoms. The number of carbonyl (C=O) groups excluding carboxylic acids is 2. The summed E-state index contributed by atoms with van der Waals surface area (Å²) in [5, 5.41) is 22.3. The maximum Gasteiger partial charge on any atom is 0.303 e. The normalized spacial score (nSPS) is 10.2. The SMILES string of the molecule is O=C(O)CCCNC(=O)CCCCCCC(=O)NCCCC(=O)O. The summed E-state index contributed by atoms with van der Waals surface area (Å²) in [5.74, 6) is -1.88. The van der Waals surface area contributed by atoms with Crippen LogP contribution in [0.15, 0.2) is 0 Å². The molecule has 0 unspecified atom stereocenters. The van der Waals surface area contributed by atoms with Gasteiger partial charge in [0.2, 0.25) is 11.8 Å². The average Bonchev–Trinajstić information content (AvgIpc) is 2.51. The van der Waals surface area contributed by atoms with E-state index in [0.29, 0.717) is 38.8 Å². The van der Waals surface area contributed by atoms with Crippen molar-refractivity contribution in [2.45, 2.75) is 64.2 Å². The molecule has 0 aromatic carbocycles. The van der Waals surface area contributed by atoms with Crippen LogP contribution in [0.25, 0.3) is 0 Å². The van der Waals surface area contributed by atoms with E-state index in [9.17, 15) is 19.2 Å². The molecule has 0 aliphatic rings. The summed E-state index contributed by atoms with van der Waals surface area (Å²) in [7, 11) is 0. The van der Waals surface area contributed by atoms with Crippen LogP contribution in [0.3, 0.4) is 0 Å². The number of hydrogen-bond acceptors (Lipinski definition) is 4. The molecule has 8 nitrogen and oxygen atoms in total. The number of carbonyl (C=O) groups is 4. The quantitative estimate of drug-likeness (QED) is 0.331. The number of hydrogen-bond donors (Lipinski definition) is 4. The number of rotatable bonds is 15. The Bertz CT molecular complexity index is 373. The van der Waals surface area contributed by atoms with Crippen LogP contribution in [0, 0.1) is 0 Å². The monoisotopic (exact) mass is 344 g/mol. The Labute approximate surface area is 142 Å². The van der Waals surface area contributed by atoms with E-state index in [-0.39, 0.29) is 24.7 Å². The first-order valence-electron chi connectivity index (χ1n) is 8.39. The summed E-state index contributed by atoms with van der Waals surface area (Å²) < 4.78 is 0. The first-order valence-corrected chi connectivity index (χ1v) is 8.39. The molecule has 138 valence electrons. The summed E-state index contributed by atoms with van der Waals surface area (Å²) in [6.45, 7) is 0.764. The Balaban J connectivity index is 3.37. The molecule has 0 saturated carbocycles. The highest BCUT2D eigenvalue weighted by Crippen LogP contribution is 2.05. The summed E-state index contributed by atoms with van der Waals surface area (Å²) in [5.41, 5.74) is 0. The average molecular weight is 344 g/mol. The Kier molecular flexibility index (Phi) is 13.2. The smallest absolute Gasteiger partial charge is 0.303 e. The van der Waals surface area contributed by atoms with E-state index in [1.165, 1.54) is 0 Å². The topological polar surface area (TPSA) is 133 Å². The molecule has 4 N–H and O–H groups in total. The van der Waals surface area contributed by atoms with Gasteiger partial charge in [0.25, 0.3) is 0 Å². The van der Waals surface area contributed by atoms with E-state index in [1.54, 1.807) is 0 Å². The minimum atomic E-state index is -0.866. The largest absolute Gasteiger partial charge is 0.481 e. The highest BCUT2D eigenvalue weighted by atomic mass is 16.4. The molecular formula is C16H28N2O6. The Morgan fingerprint density at radius 2 is 0.917 bits per heavy atom. The predicted molar refractivity (Wildman–Crippen MR) is 87.5 cm³/mol. The molecule has 0 radical (unpaired) electrons. The van der Waals surface area contributed by atoms with Gasteiger partial charge in [-0.25, -0.2) is 0 Å². The number of amides is 2. The number of nitrogens with one attached hydrogen (secondary N) is 2. The van der Waals surface area contributed by atoms with Crippen molar-refractivity contribution in [1.82, 2.24) is 10.6 Å². The molecule has 0 heterocycles. The second kappa shape index (κ2) is 14.5. The van der Waals surface area contributed by atoms with E-state index in [4.69, 9.17) is 10.2 Å². The maximum absolute atomic E-state index is 11.5. The molecular weight excluding hydrogens is 316 g/mol. The maximum atomic E-state index is 11.5. The van der Waals surface area contributed by atoms with Crippen molar-refractivity contribution in [2.75, 3.05) is 13.1 Å². The Hall–Kier alpha value is -2.12. The third-order valence-electron chi connectivity index (χ3n) is 3.34. The van der Waals surface area contributed by atoms with Crippen molar-refractivity contribution >= 4 is 23.8 Å². The molecule has 0 fully saturated rings. The standard InChI is InChI=1S/C16H28N2O6/c19-13(17-11-5-9-15(21)22)7-3-1-2-4-8-14(20)18-12-6-10-16(23)24/h1-12H2,(H,17,19)(H,18,20)(H,21,22)(H,23,24). The van der Waals surface area contributed by atoms with Crippen LogP contribution < -0.4 is 10.6 Å². The van der Waals surface area contributed by atoms with Crippen molar-refractivity contribution in [3.05, 3.63) is 0 Å². The Morgan fingerprint density at radius 1 is 0.542 bits per heavy atom. The number of aliphatic carboxylic acids is 2. The minimum Gasteiger partial charge on any atom is -0.481 e. The van der Waals surface area contributed by atoms with Crippen LogP contribution in [-0.4, -0.2) is 47.1 Å². The van der Waals surface area contributed by atoms with Gasteiger partial charge in [0.05, 0.1) is 0 Å². The summed E-state index contributed by atoms with van der Waals surface area (Å²) in [6, 6.07) is 0. The zero-order valence-electron chi connectivity index (χ0n) is 14.0. The third kappa shape index (κ3) is 16.3. The molecule has 0 rings (SSSR count). The van der Waals surface area contributed by atoms with Gasteiger partial charge in [-0.15, -0.1) is 0 Å². The third-order valence-corrected chi connectivity index (χ3v) is 3.34. The van der Waals surface area contributed by atoms with Crippen molar-refractivity contribution in [1.29, 1.82) is 0 Å². The van der Waals surface area contributed by atoms with Gasteiger partial charge in [-0.2, -0.15) is 0 Å². The summed E-state index contributed by atoms with van der Waals surface area (Å²) in [6.07, 6.45) is 4.99. The van der Waals surface area contributed by atoms with E-state index >= 15 is 0 Å². The van der Waals surface area contributed by atoms with E-state index in [0.717, 1.165) is 25.7 Å². The van der Waals surface area contributed by atoms with Crippen LogP contribution in [0.5, 0.6) is 0 Å². The van der Waals surface area contributed by atoms with Crippen LogP contribution in [-0.2, 0) is 19.2 Å². The van der Waals surface area contributed by atoms with Gasteiger partial charge in [-0.05, 0) is 25.7 Å². The fourth-order valence-electron chi connectivity index (χ4n) is 2.04. The fraction of sp³-hybridized carbons (Fsp3) is 0.750. The fourth-order valence-corrected chi connectivity index (χ4v) is 2.04. The van der Waals surface area contributed by atoms with Gasteiger partial charge in [0.1, 0.15) is 0 Å². The number of unbranched alkanes of at least 4 members (excludes halogenated alkanes) is 3. The van der Waals surface area contributed by atoms with Crippen molar-refractivity contribution in [3.63, 3.8) is 0 Å². The second-order valence-electron chi connectivity index (χ2n) is 5.61. The van der Waals surface area contributed by atoms with Gasteiger partial charge in [-0.1, -0.05) is 12.8 Å². The lowest BCUT2D eigenvalue weighted by Crippen LogP contribution is -2.24. The number of carboxylic acids is 2.